The van der Waals surface area contributed by atoms with Crippen molar-refractivity contribution < 1.29 is 13.2 Å². The lowest BCUT2D eigenvalue weighted by Crippen LogP contribution is -2.24. The molecule has 2 N–H and O–H groups in total. The molecule has 0 bridgehead atoms. The number of nitrogens with one attached hydrogen (secondary N) is 2. The van der Waals surface area contributed by atoms with Crippen molar-refractivity contribution in [1.29, 1.82) is 0 Å². The number of rotatable bonds is 7. The Bertz CT molecular complexity index is 1070. The van der Waals surface area contributed by atoms with E-state index >= 15 is 0 Å². The molecular weight excluding hydrogens is 366 g/mol. The highest BCUT2D eigenvalue weighted by atomic mass is 32.2. The van der Waals surface area contributed by atoms with Crippen LogP contribution in [-0.2, 0) is 21.2 Å². The first-order valence-corrected chi connectivity index (χ1v) is 10.1. The molecule has 9 heteroatoms. The molecule has 0 aliphatic heterocycles. The number of amides is 1. The molecule has 0 aliphatic rings. The second-order valence-electron chi connectivity index (χ2n) is 5.92. The molecule has 0 saturated heterocycles. The van der Waals surface area contributed by atoms with Crippen molar-refractivity contribution in [3.05, 3.63) is 66.1 Å². The van der Waals surface area contributed by atoms with Crippen LogP contribution >= 0.6 is 0 Å². The average molecular weight is 385 g/mol. The van der Waals surface area contributed by atoms with Gasteiger partial charge < -0.3 is 5.32 Å². The first-order chi connectivity index (χ1) is 12.9. The molecule has 0 radical (unpaired) electrons. The van der Waals surface area contributed by atoms with Gasteiger partial charge in [-0.2, -0.15) is 0 Å². The molecule has 2 aromatic heterocycles. The summed E-state index contributed by atoms with van der Waals surface area (Å²) in [5.74, 6) is 0.561. The predicted molar refractivity (Wildman–Crippen MR) is 104 cm³/mol. The number of fused-ring (bicyclic) bond motifs is 1. The first kappa shape index (κ1) is 18.6. The van der Waals surface area contributed by atoms with Gasteiger partial charge in [-0.1, -0.05) is 18.2 Å². The molecule has 1 aromatic carbocycles. The summed E-state index contributed by atoms with van der Waals surface area (Å²) in [4.78, 5) is 11.9. The fraction of sp³-hybridized carbons (Fsp3) is 0.167. The highest BCUT2D eigenvalue weighted by Gasteiger charge is 2.05. The number of hydrogen-bond acceptors (Lipinski definition) is 5. The van der Waals surface area contributed by atoms with E-state index in [1.807, 2.05) is 28.8 Å². The van der Waals surface area contributed by atoms with E-state index in [1.165, 1.54) is 6.08 Å². The minimum Gasteiger partial charge on any atom is -0.352 e. The molecule has 8 nitrogen and oxygen atoms in total. The lowest BCUT2D eigenvalue weighted by Gasteiger charge is -2.04. The lowest BCUT2D eigenvalue weighted by molar-refractivity contribution is -0.116. The Kier molecular flexibility index (Phi) is 5.51. The number of pyridine rings is 1. The second kappa shape index (κ2) is 8.00. The molecule has 0 aliphatic carbocycles. The van der Waals surface area contributed by atoms with Crippen LogP contribution in [0.2, 0.25) is 0 Å². The van der Waals surface area contributed by atoms with Crippen LogP contribution in [0.5, 0.6) is 0 Å². The SMILES string of the molecule is CS(=O)(=O)Nc1ccc(/C=C/C(=O)NCCc2nnc3ccccn23)cc1. The Morgan fingerprint density at radius 1 is 1.15 bits per heavy atom. The number of anilines is 1. The molecule has 0 atom stereocenters. The summed E-state index contributed by atoms with van der Waals surface area (Å²) < 4.78 is 26.6. The van der Waals surface area contributed by atoms with Crippen molar-refractivity contribution in [3.8, 4) is 0 Å². The van der Waals surface area contributed by atoms with Gasteiger partial charge in [-0.15, -0.1) is 10.2 Å². The maximum absolute atomic E-state index is 11.9. The summed E-state index contributed by atoms with van der Waals surface area (Å²) in [6, 6.07) is 12.4. The highest BCUT2D eigenvalue weighted by molar-refractivity contribution is 7.92. The molecular formula is C18H19N5O3S. The van der Waals surface area contributed by atoms with E-state index in [0.717, 1.165) is 23.3 Å². The number of carbonyl (C=O) groups excluding carboxylic acids is 1. The lowest BCUT2D eigenvalue weighted by atomic mass is 10.2. The minimum atomic E-state index is -3.30. The quantitative estimate of drug-likeness (QED) is 0.599. The van der Waals surface area contributed by atoms with Crippen molar-refractivity contribution >= 4 is 33.3 Å². The van der Waals surface area contributed by atoms with Crippen LogP contribution in [0.1, 0.15) is 11.4 Å². The van der Waals surface area contributed by atoms with Gasteiger partial charge in [0.25, 0.3) is 0 Å². The van der Waals surface area contributed by atoms with Gasteiger partial charge in [-0.3, -0.25) is 13.9 Å². The third kappa shape index (κ3) is 5.38. The monoisotopic (exact) mass is 385 g/mol. The van der Waals surface area contributed by atoms with Gasteiger partial charge in [0.1, 0.15) is 5.82 Å². The maximum Gasteiger partial charge on any atom is 0.244 e. The van der Waals surface area contributed by atoms with E-state index in [2.05, 4.69) is 20.2 Å². The zero-order valence-corrected chi connectivity index (χ0v) is 15.5. The number of carbonyl (C=O) groups is 1. The smallest absolute Gasteiger partial charge is 0.244 e. The van der Waals surface area contributed by atoms with Crippen molar-refractivity contribution in [3.63, 3.8) is 0 Å². The third-order valence-corrected chi connectivity index (χ3v) is 4.28. The fourth-order valence-electron chi connectivity index (χ4n) is 2.47. The summed E-state index contributed by atoms with van der Waals surface area (Å²) >= 11 is 0. The Morgan fingerprint density at radius 2 is 1.93 bits per heavy atom. The van der Waals surface area contributed by atoms with Crippen LogP contribution < -0.4 is 10.0 Å². The predicted octanol–water partition coefficient (Wildman–Crippen LogP) is 1.47. The van der Waals surface area contributed by atoms with Crippen molar-refractivity contribution in [2.45, 2.75) is 6.42 Å². The van der Waals surface area contributed by atoms with E-state index in [-0.39, 0.29) is 5.91 Å². The number of hydrogen-bond donors (Lipinski definition) is 2. The van der Waals surface area contributed by atoms with Gasteiger partial charge in [0, 0.05) is 30.9 Å². The maximum atomic E-state index is 11.9. The van der Waals surface area contributed by atoms with Crippen LogP contribution in [0.4, 0.5) is 5.69 Å². The molecule has 0 fully saturated rings. The Labute approximate surface area is 157 Å². The van der Waals surface area contributed by atoms with E-state index in [1.54, 1.807) is 30.3 Å². The normalized spacial score (nSPS) is 11.7. The fourth-order valence-corrected chi connectivity index (χ4v) is 3.03. The first-order valence-electron chi connectivity index (χ1n) is 8.23. The van der Waals surface area contributed by atoms with Crippen LogP contribution in [0, 0.1) is 0 Å². The topological polar surface area (TPSA) is 105 Å². The molecule has 140 valence electrons. The highest BCUT2D eigenvalue weighted by Crippen LogP contribution is 2.11. The van der Waals surface area contributed by atoms with E-state index < -0.39 is 10.0 Å². The number of benzene rings is 1. The number of nitrogens with zero attached hydrogens (tertiary/aromatic N) is 3. The molecule has 3 aromatic rings. The summed E-state index contributed by atoms with van der Waals surface area (Å²) in [5.41, 5.74) is 2.03. The standard InChI is InChI=1S/C18H19N5O3S/c1-27(25,26)22-15-8-5-14(6-9-15)7-10-18(24)19-12-11-17-21-20-16-4-2-3-13-23(16)17/h2-10,13,22H,11-12H2,1H3,(H,19,24)/b10-7+. The van der Waals surface area contributed by atoms with Crippen LogP contribution in [0.3, 0.4) is 0 Å². The van der Waals surface area contributed by atoms with Crippen molar-refractivity contribution in [2.75, 3.05) is 17.5 Å². The van der Waals surface area contributed by atoms with Gasteiger partial charge >= 0.3 is 0 Å². The molecule has 0 saturated carbocycles. The average Bonchev–Trinajstić information content (AvgIpc) is 3.03. The summed E-state index contributed by atoms with van der Waals surface area (Å²) in [7, 11) is -3.30. The van der Waals surface area contributed by atoms with Crippen LogP contribution in [0.15, 0.2) is 54.7 Å². The largest absolute Gasteiger partial charge is 0.352 e. The summed E-state index contributed by atoms with van der Waals surface area (Å²) in [6.45, 7) is 0.441. The summed E-state index contributed by atoms with van der Waals surface area (Å²) in [6.07, 6.45) is 6.63. The van der Waals surface area contributed by atoms with Gasteiger partial charge in [0.15, 0.2) is 5.65 Å². The van der Waals surface area contributed by atoms with Gasteiger partial charge in [0.2, 0.25) is 15.9 Å². The molecule has 0 unspecified atom stereocenters. The Hall–Kier alpha value is -3.20. The Morgan fingerprint density at radius 3 is 2.67 bits per heavy atom. The van der Waals surface area contributed by atoms with Crippen LogP contribution in [0.25, 0.3) is 11.7 Å². The zero-order chi connectivity index (χ0) is 19.3. The Balaban J connectivity index is 1.50. The van der Waals surface area contributed by atoms with Gasteiger partial charge in [0.05, 0.1) is 6.26 Å². The van der Waals surface area contributed by atoms with Gasteiger partial charge in [-0.05, 0) is 35.9 Å². The molecule has 0 spiro atoms. The van der Waals surface area contributed by atoms with Crippen LogP contribution in [-0.4, -0.2) is 41.7 Å². The second-order valence-corrected chi connectivity index (χ2v) is 7.66. The van der Waals surface area contributed by atoms with Gasteiger partial charge in [-0.25, -0.2) is 8.42 Å². The molecule has 1 amide bonds. The molecule has 27 heavy (non-hydrogen) atoms. The van der Waals surface area contributed by atoms with E-state index in [4.69, 9.17) is 0 Å². The number of sulfonamides is 1. The summed E-state index contributed by atoms with van der Waals surface area (Å²) in [5, 5.41) is 11.0. The molecule has 2 heterocycles. The third-order valence-electron chi connectivity index (χ3n) is 3.67. The van der Waals surface area contributed by atoms with Crippen molar-refractivity contribution in [1.82, 2.24) is 19.9 Å². The minimum absolute atomic E-state index is 0.220. The van der Waals surface area contributed by atoms with Crippen molar-refractivity contribution in [2.24, 2.45) is 0 Å². The zero-order valence-electron chi connectivity index (χ0n) is 14.7. The van der Waals surface area contributed by atoms with E-state index in [9.17, 15) is 13.2 Å². The van der Waals surface area contributed by atoms with E-state index in [0.29, 0.717) is 18.7 Å². The number of aromatic nitrogens is 3. The molecule has 3 rings (SSSR count).